The van der Waals surface area contributed by atoms with Crippen molar-refractivity contribution in [2.75, 3.05) is 6.61 Å². The van der Waals surface area contributed by atoms with Crippen LogP contribution in [0.5, 0.6) is 0 Å². The van der Waals surface area contributed by atoms with E-state index in [0.717, 1.165) is 5.56 Å². The van der Waals surface area contributed by atoms with Crippen LogP contribution in [-0.4, -0.2) is 17.6 Å². The number of benzene rings is 1. The van der Waals surface area contributed by atoms with E-state index in [1.807, 2.05) is 13.0 Å². The van der Waals surface area contributed by atoms with Crippen LogP contribution in [0, 0.1) is 6.92 Å². The van der Waals surface area contributed by atoms with E-state index in [1.54, 1.807) is 13.0 Å². The molecule has 0 bridgehead atoms. The van der Waals surface area contributed by atoms with E-state index in [0.29, 0.717) is 15.9 Å². The summed E-state index contributed by atoms with van der Waals surface area (Å²) in [5, 5.41) is 0.644. The predicted octanol–water partition coefficient (Wildman–Crippen LogP) is 2.67. The monoisotopic (exact) mass is 265 g/mol. The summed E-state index contributed by atoms with van der Waals surface area (Å²) in [6, 6.07) is 3.45. The van der Waals surface area contributed by atoms with Gasteiger partial charge in [-0.3, -0.25) is 4.79 Å². The quantitative estimate of drug-likeness (QED) is 0.850. The van der Waals surface area contributed by atoms with Crippen molar-refractivity contribution in [3.63, 3.8) is 0 Å². The smallest absolute Gasteiger partial charge is 0.343 e. The maximum Gasteiger partial charge on any atom is 0.343 e. The molecule has 0 saturated carbocycles. The summed E-state index contributed by atoms with van der Waals surface area (Å²) in [7, 11) is 0. The van der Waals surface area contributed by atoms with Gasteiger partial charge in [-0.1, -0.05) is 17.7 Å². The van der Waals surface area contributed by atoms with E-state index >= 15 is 0 Å². The lowest BCUT2D eigenvalue weighted by atomic mass is 10.1. The van der Waals surface area contributed by atoms with Gasteiger partial charge in [-0.25, -0.2) is 4.79 Å². The number of ether oxygens (including phenoxy) is 1. The number of aromatic amines is 1. The first-order valence-corrected chi connectivity index (χ1v) is 5.91. The SMILES string of the molecule is CCOC(=O)c1c[nH]c2c(C)ccc(Cl)c2c1=O. The van der Waals surface area contributed by atoms with Gasteiger partial charge >= 0.3 is 5.97 Å². The van der Waals surface area contributed by atoms with Gasteiger partial charge in [0.1, 0.15) is 5.56 Å². The lowest BCUT2D eigenvalue weighted by Crippen LogP contribution is -2.18. The average Bonchev–Trinajstić information content (AvgIpc) is 2.34. The highest BCUT2D eigenvalue weighted by molar-refractivity contribution is 6.35. The molecule has 0 saturated heterocycles. The summed E-state index contributed by atoms with van der Waals surface area (Å²) in [6.07, 6.45) is 1.37. The molecule has 0 radical (unpaired) electrons. The van der Waals surface area contributed by atoms with Crippen LogP contribution in [0.4, 0.5) is 0 Å². The molecule has 0 aliphatic rings. The van der Waals surface area contributed by atoms with Crippen LogP contribution in [0.1, 0.15) is 22.8 Å². The Hall–Kier alpha value is -1.81. The Bertz CT molecular complexity index is 676. The molecule has 5 heteroatoms. The number of hydrogen-bond acceptors (Lipinski definition) is 3. The molecular weight excluding hydrogens is 254 g/mol. The topological polar surface area (TPSA) is 59.2 Å². The van der Waals surface area contributed by atoms with Crippen LogP contribution in [-0.2, 0) is 4.74 Å². The number of aryl methyl sites for hydroxylation is 1. The summed E-state index contributed by atoms with van der Waals surface area (Å²) < 4.78 is 4.83. The molecule has 94 valence electrons. The number of rotatable bonds is 2. The van der Waals surface area contributed by atoms with Crippen molar-refractivity contribution < 1.29 is 9.53 Å². The third-order valence-electron chi connectivity index (χ3n) is 2.69. The third kappa shape index (κ3) is 1.99. The molecule has 4 nitrogen and oxygen atoms in total. The van der Waals surface area contributed by atoms with Crippen molar-refractivity contribution in [1.29, 1.82) is 0 Å². The molecule has 0 atom stereocenters. The third-order valence-corrected chi connectivity index (χ3v) is 3.01. The fourth-order valence-corrected chi connectivity index (χ4v) is 2.04. The van der Waals surface area contributed by atoms with Crippen molar-refractivity contribution in [2.24, 2.45) is 0 Å². The number of esters is 1. The number of halogens is 1. The Morgan fingerprint density at radius 3 is 2.83 bits per heavy atom. The standard InChI is InChI=1S/C13H12ClNO3/c1-3-18-13(17)8-6-15-11-7(2)4-5-9(14)10(11)12(8)16/h4-6H,3H2,1-2H3,(H,15,16). The zero-order valence-electron chi connectivity index (χ0n) is 10.0. The largest absolute Gasteiger partial charge is 0.462 e. The molecule has 1 aromatic heterocycles. The summed E-state index contributed by atoms with van der Waals surface area (Å²) in [5.74, 6) is -0.641. The summed E-state index contributed by atoms with van der Waals surface area (Å²) in [6.45, 7) is 3.76. The number of pyridine rings is 1. The first kappa shape index (κ1) is 12.6. The van der Waals surface area contributed by atoms with E-state index < -0.39 is 11.4 Å². The first-order chi connectivity index (χ1) is 8.56. The van der Waals surface area contributed by atoms with Gasteiger partial charge in [0, 0.05) is 6.20 Å². The van der Waals surface area contributed by atoms with E-state index in [2.05, 4.69) is 4.98 Å². The van der Waals surface area contributed by atoms with Crippen LogP contribution >= 0.6 is 11.6 Å². The van der Waals surface area contributed by atoms with E-state index in [1.165, 1.54) is 6.20 Å². The number of nitrogens with one attached hydrogen (secondary N) is 1. The van der Waals surface area contributed by atoms with Gasteiger partial charge in [-0.05, 0) is 25.5 Å². The molecule has 0 amide bonds. The van der Waals surface area contributed by atoms with Crippen molar-refractivity contribution in [1.82, 2.24) is 4.98 Å². The van der Waals surface area contributed by atoms with Gasteiger partial charge < -0.3 is 9.72 Å². The van der Waals surface area contributed by atoms with E-state index in [-0.39, 0.29) is 12.2 Å². The number of fused-ring (bicyclic) bond motifs is 1. The van der Waals surface area contributed by atoms with E-state index in [9.17, 15) is 9.59 Å². The van der Waals surface area contributed by atoms with Gasteiger partial charge in [0.25, 0.3) is 0 Å². The molecule has 2 aromatic rings. The first-order valence-electron chi connectivity index (χ1n) is 5.54. The molecule has 1 heterocycles. The number of carbonyl (C=O) groups is 1. The second-order valence-electron chi connectivity index (χ2n) is 3.87. The van der Waals surface area contributed by atoms with Gasteiger partial charge in [0.2, 0.25) is 5.43 Å². The summed E-state index contributed by atoms with van der Waals surface area (Å²) in [5.41, 5.74) is 1.09. The minimum Gasteiger partial charge on any atom is -0.462 e. The van der Waals surface area contributed by atoms with Crippen molar-refractivity contribution >= 4 is 28.5 Å². The Balaban J connectivity index is 2.76. The second-order valence-corrected chi connectivity index (χ2v) is 4.27. The Kier molecular flexibility index (Phi) is 3.39. The van der Waals surface area contributed by atoms with Crippen molar-refractivity contribution in [3.05, 3.63) is 44.7 Å². The lowest BCUT2D eigenvalue weighted by Gasteiger charge is -2.06. The van der Waals surface area contributed by atoms with Crippen molar-refractivity contribution in [2.45, 2.75) is 13.8 Å². The fraction of sp³-hybridized carbons (Fsp3) is 0.231. The highest BCUT2D eigenvalue weighted by Gasteiger charge is 2.16. The minimum atomic E-state index is -0.641. The van der Waals surface area contributed by atoms with Gasteiger partial charge in [0.15, 0.2) is 0 Å². The van der Waals surface area contributed by atoms with Crippen LogP contribution in [0.15, 0.2) is 23.1 Å². The summed E-state index contributed by atoms with van der Waals surface area (Å²) in [4.78, 5) is 26.8. The number of H-pyrrole nitrogens is 1. The van der Waals surface area contributed by atoms with Crippen LogP contribution < -0.4 is 5.43 Å². The van der Waals surface area contributed by atoms with Crippen LogP contribution in [0.3, 0.4) is 0 Å². The highest BCUT2D eigenvalue weighted by atomic mass is 35.5. The fourth-order valence-electron chi connectivity index (χ4n) is 1.79. The highest BCUT2D eigenvalue weighted by Crippen LogP contribution is 2.22. The Morgan fingerprint density at radius 1 is 1.44 bits per heavy atom. The molecule has 0 aliphatic heterocycles. The maximum atomic E-state index is 12.2. The number of aromatic nitrogens is 1. The molecular formula is C13H12ClNO3. The molecule has 1 aromatic carbocycles. The molecule has 18 heavy (non-hydrogen) atoms. The van der Waals surface area contributed by atoms with Crippen molar-refractivity contribution in [3.8, 4) is 0 Å². The Morgan fingerprint density at radius 2 is 2.17 bits per heavy atom. The molecule has 0 spiro atoms. The second kappa shape index (κ2) is 4.82. The zero-order valence-corrected chi connectivity index (χ0v) is 10.8. The van der Waals surface area contributed by atoms with Crippen LogP contribution in [0.25, 0.3) is 10.9 Å². The van der Waals surface area contributed by atoms with Gasteiger partial charge in [0.05, 0.1) is 22.5 Å². The Labute approximate surface area is 109 Å². The molecule has 0 unspecified atom stereocenters. The van der Waals surface area contributed by atoms with Crippen LogP contribution in [0.2, 0.25) is 5.02 Å². The number of hydrogen-bond donors (Lipinski definition) is 1. The van der Waals surface area contributed by atoms with E-state index in [4.69, 9.17) is 16.3 Å². The molecule has 0 aliphatic carbocycles. The predicted molar refractivity (Wildman–Crippen MR) is 70.3 cm³/mol. The van der Waals surface area contributed by atoms with Gasteiger partial charge in [-0.15, -0.1) is 0 Å². The average molecular weight is 266 g/mol. The molecule has 2 rings (SSSR count). The lowest BCUT2D eigenvalue weighted by molar-refractivity contribution is 0.0524. The minimum absolute atomic E-state index is 0.0307. The summed E-state index contributed by atoms with van der Waals surface area (Å²) >= 11 is 6.02. The normalized spacial score (nSPS) is 10.6. The maximum absolute atomic E-state index is 12.2. The van der Waals surface area contributed by atoms with Gasteiger partial charge in [-0.2, -0.15) is 0 Å². The molecule has 0 fully saturated rings. The number of carbonyl (C=O) groups excluding carboxylic acids is 1. The molecule has 1 N–H and O–H groups in total. The zero-order chi connectivity index (χ0) is 13.3.